The Hall–Kier alpha value is -4.30. The van der Waals surface area contributed by atoms with Crippen molar-refractivity contribution in [3.8, 4) is 22.8 Å². The molecule has 5 rings (SSSR count). The van der Waals surface area contributed by atoms with Gasteiger partial charge in [-0.05, 0) is 53.9 Å². The summed E-state index contributed by atoms with van der Waals surface area (Å²) in [5.41, 5.74) is 9.75. The van der Waals surface area contributed by atoms with Crippen molar-refractivity contribution in [3.05, 3.63) is 95.4 Å². The van der Waals surface area contributed by atoms with Crippen molar-refractivity contribution in [2.45, 2.75) is 26.7 Å². The fourth-order valence-electron chi connectivity index (χ4n) is 4.12. The van der Waals surface area contributed by atoms with Gasteiger partial charge in [0.15, 0.2) is 11.5 Å². The number of aromatic nitrogens is 6. The normalized spacial score (nSPS) is 11.7. The molecule has 8 heteroatoms. The van der Waals surface area contributed by atoms with Crippen molar-refractivity contribution in [2.75, 3.05) is 5.32 Å². The van der Waals surface area contributed by atoms with Crippen LogP contribution in [0.4, 0.5) is 5.69 Å². The number of anilines is 1. The molecule has 7 nitrogen and oxygen atoms in total. The summed E-state index contributed by atoms with van der Waals surface area (Å²) in [5.74, 6) is 0.660. The van der Waals surface area contributed by atoms with Crippen molar-refractivity contribution in [3.63, 3.8) is 0 Å². The Bertz CT molecular complexity index is 1570. The molecular weight excluding hydrogens is 466 g/mol. The monoisotopic (exact) mass is 493 g/mol. The van der Waals surface area contributed by atoms with E-state index in [1.807, 2.05) is 37.4 Å². The maximum atomic E-state index is 4.94. The van der Waals surface area contributed by atoms with Gasteiger partial charge in [0.2, 0.25) is 0 Å². The first-order chi connectivity index (χ1) is 17.6. The minimum Gasteiger partial charge on any atom is -0.358 e. The number of hydrogen-bond donors (Lipinski definition) is 3. The number of H-pyrrole nitrogens is 2. The van der Waals surface area contributed by atoms with Crippen LogP contribution in [-0.4, -0.2) is 30.1 Å². The largest absolute Gasteiger partial charge is 0.358 e. The van der Waals surface area contributed by atoms with Crippen molar-refractivity contribution < 1.29 is 0 Å². The molecule has 0 atom stereocenters. The first kappa shape index (κ1) is 23.4. The molecular formula is C28H27N7S. The van der Waals surface area contributed by atoms with E-state index < -0.39 is 0 Å². The molecule has 0 aromatic carbocycles. The van der Waals surface area contributed by atoms with Gasteiger partial charge in [0, 0.05) is 28.7 Å². The smallest absolute Gasteiger partial charge is 0.161 e. The van der Waals surface area contributed by atoms with Gasteiger partial charge in [0.05, 0.1) is 28.8 Å². The summed E-state index contributed by atoms with van der Waals surface area (Å²) >= 11 is 1.65. The van der Waals surface area contributed by atoms with Crippen LogP contribution in [0.25, 0.3) is 39.4 Å². The maximum absolute atomic E-state index is 4.94. The van der Waals surface area contributed by atoms with Crippen LogP contribution in [0, 0.1) is 6.92 Å². The summed E-state index contributed by atoms with van der Waals surface area (Å²) in [4.78, 5) is 17.7. The van der Waals surface area contributed by atoms with E-state index in [9.17, 15) is 0 Å². The molecule has 5 heterocycles. The van der Waals surface area contributed by atoms with Crippen LogP contribution >= 0.6 is 11.3 Å². The fourth-order valence-corrected chi connectivity index (χ4v) is 4.78. The third-order valence-electron chi connectivity index (χ3n) is 5.80. The highest BCUT2D eigenvalue weighted by Crippen LogP contribution is 2.31. The standard InChI is InChI=1S/C28H27N7S/c1-5-7-17(3)30-21-13-20(14-29-15-21)23-9-10-24-26(32-23)27(35-34-24)28-31-18(4)25(33-28)22(8-6-2)19-11-12-36-16-19/h6,8-16,30H,2-3,5,7H2,1,4H3,(H,31,33)(H,34,35)/b22-8-. The van der Waals surface area contributed by atoms with Gasteiger partial charge in [0.25, 0.3) is 0 Å². The van der Waals surface area contributed by atoms with E-state index in [-0.39, 0.29) is 0 Å². The number of aryl methyl sites for hydroxylation is 1. The van der Waals surface area contributed by atoms with Crippen LogP contribution in [0.15, 0.2) is 78.4 Å². The second-order valence-corrected chi connectivity index (χ2v) is 9.27. The highest BCUT2D eigenvalue weighted by atomic mass is 32.1. The molecule has 5 aromatic rings. The summed E-state index contributed by atoms with van der Waals surface area (Å²) < 4.78 is 0. The van der Waals surface area contributed by atoms with Gasteiger partial charge in [-0.1, -0.05) is 38.7 Å². The number of pyridine rings is 2. The predicted octanol–water partition coefficient (Wildman–Crippen LogP) is 7.12. The number of aromatic amines is 2. The highest BCUT2D eigenvalue weighted by Gasteiger charge is 2.19. The van der Waals surface area contributed by atoms with Crippen LogP contribution in [0.2, 0.25) is 0 Å². The quantitative estimate of drug-likeness (QED) is 0.190. The Labute approximate surface area is 213 Å². The molecule has 36 heavy (non-hydrogen) atoms. The molecule has 0 saturated carbocycles. The average Bonchev–Trinajstić information content (AvgIpc) is 3.62. The van der Waals surface area contributed by atoms with Gasteiger partial charge in [-0.25, -0.2) is 9.97 Å². The zero-order valence-corrected chi connectivity index (χ0v) is 21.1. The molecule has 0 spiro atoms. The number of fused-ring (bicyclic) bond motifs is 1. The van der Waals surface area contributed by atoms with Crippen LogP contribution in [0.3, 0.4) is 0 Å². The van der Waals surface area contributed by atoms with Crippen LogP contribution in [0.5, 0.6) is 0 Å². The molecule has 0 saturated heterocycles. The second-order valence-electron chi connectivity index (χ2n) is 8.49. The number of imidazole rings is 1. The van der Waals surface area contributed by atoms with E-state index in [4.69, 9.17) is 9.97 Å². The molecule has 0 unspecified atom stereocenters. The third-order valence-corrected chi connectivity index (χ3v) is 6.48. The summed E-state index contributed by atoms with van der Waals surface area (Å²) in [6.07, 6.45) is 9.32. The van der Waals surface area contributed by atoms with Crippen molar-refractivity contribution in [2.24, 2.45) is 0 Å². The van der Waals surface area contributed by atoms with Crippen molar-refractivity contribution in [1.29, 1.82) is 0 Å². The van der Waals surface area contributed by atoms with Gasteiger partial charge in [-0.2, -0.15) is 16.4 Å². The van der Waals surface area contributed by atoms with Crippen molar-refractivity contribution in [1.82, 2.24) is 30.1 Å². The number of nitrogens with one attached hydrogen (secondary N) is 3. The molecule has 0 fully saturated rings. The van der Waals surface area contributed by atoms with E-state index in [0.29, 0.717) is 11.5 Å². The number of nitrogens with zero attached hydrogens (tertiary/aromatic N) is 4. The van der Waals surface area contributed by atoms with Gasteiger partial charge >= 0.3 is 0 Å². The third kappa shape index (κ3) is 4.63. The van der Waals surface area contributed by atoms with Crippen LogP contribution in [-0.2, 0) is 0 Å². The van der Waals surface area contributed by atoms with E-state index in [1.54, 1.807) is 23.6 Å². The Balaban J connectivity index is 1.52. The van der Waals surface area contributed by atoms with Gasteiger partial charge < -0.3 is 10.3 Å². The highest BCUT2D eigenvalue weighted by molar-refractivity contribution is 7.08. The summed E-state index contributed by atoms with van der Waals surface area (Å²) in [7, 11) is 0. The molecule has 5 aromatic heterocycles. The molecule has 0 aliphatic rings. The Morgan fingerprint density at radius 3 is 2.86 bits per heavy atom. The molecule has 0 aliphatic heterocycles. The van der Waals surface area contributed by atoms with Crippen LogP contribution < -0.4 is 5.32 Å². The van der Waals surface area contributed by atoms with Gasteiger partial charge in [-0.15, -0.1) is 0 Å². The lowest BCUT2D eigenvalue weighted by atomic mass is 10.0. The zero-order valence-electron chi connectivity index (χ0n) is 20.3. The van der Waals surface area contributed by atoms with E-state index in [0.717, 1.165) is 69.0 Å². The van der Waals surface area contributed by atoms with E-state index in [2.05, 4.69) is 62.4 Å². The average molecular weight is 494 g/mol. The lowest BCUT2D eigenvalue weighted by Crippen LogP contribution is -1.98. The lowest BCUT2D eigenvalue weighted by Gasteiger charge is -2.09. The van der Waals surface area contributed by atoms with Gasteiger partial charge in [0.1, 0.15) is 5.52 Å². The summed E-state index contributed by atoms with van der Waals surface area (Å²) in [5, 5.41) is 15.1. The first-order valence-corrected chi connectivity index (χ1v) is 12.7. The van der Waals surface area contributed by atoms with Crippen molar-refractivity contribution >= 4 is 33.6 Å². The molecule has 0 radical (unpaired) electrons. The number of hydrogen-bond acceptors (Lipinski definition) is 6. The first-order valence-electron chi connectivity index (χ1n) is 11.7. The Morgan fingerprint density at radius 1 is 1.19 bits per heavy atom. The number of rotatable bonds is 9. The molecule has 180 valence electrons. The fraction of sp³-hybridized carbons (Fsp3) is 0.143. The number of thiophene rings is 1. The number of allylic oxidation sites excluding steroid dienone is 3. The minimum atomic E-state index is 0.660. The summed E-state index contributed by atoms with van der Waals surface area (Å²) in [6.45, 7) is 12.1. The van der Waals surface area contributed by atoms with E-state index >= 15 is 0 Å². The summed E-state index contributed by atoms with van der Waals surface area (Å²) in [6, 6.07) is 8.06. The second kappa shape index (κ2) is 10.1. The topological polar surface area (TPSA) is 95.2 Å². The SMILES string of the molecule is C=C/C=C(/c1ccsc1)c1nc(-c2n[nH]c3ccc(-c4cncc(NC(=C)CCC)c4)nc23)[nH]c1C. The molecule has 0 amide bonds. The molecule has 0 aliphatic carbocycles. The molecule has 3 N–H and O–H groups in total. The lowest BCUT2D eigenvalue weighted by molar-refractivity contribution is 0.913. The van der Waals surface area contributed by atoms with Gasteiger partial charge in [-0.3, -0.25) is 10.1 Å². The zero-order chi connectivity index (χ0) is 25.1. The molecule has 0 bridgehead atoms. The Morgan fingerprint density at radius 2 is 2.08 bits per heavy atom. The van der Waals surface area contributed by atoms with E-state index in [1.165, 1.54) is 0 Å². The predicted molar refractivity (Wildman–Crippen MR) is 149 cm³/mol. The minimum absolute atomic E-state index is 0.660. The Kier molecular flexibility index (Phi) is 6.60. The maximum Gasteiger partial charge on any atom is 0.161 e. The van der Waals surface area contributed by atoms with Crippen LogP contribution in [0.1, 0.15) is 36.7 Å².